The number of nitrogens with two attached hydrogens (primary N) is 3. The minimum atomic E-state index is -0.815. The van der Waals surface area contributed by atoms with Crippen LogP contribution in [0.1, 0.15) is 37.8 Å². The third kappa shape index (κ3) is 6.55. The predicted molar refractivity (Wildman–Crippen MR) is 119 cm³/mol. The maximum atomic E-state index is 12.5. The van der Waals surface area contributed by atoms with Crippen LogP contribution in [-0.2, 0) is 20.7 Å². The highest BCUT2D eigenvalue weighted by Gasteiger charge is 2.38. The zero-order valence-electron chi connectivity index (χ0n) is 17.8. The molecule has 0 aliphatic rings. The Bertz CT molecular complexity index is 779. The molecule has 30 heavy (non-hydrogen) atoms. The van der Waals surface area contributed by atoms with Crippen LogP contribution in [-0.4, -0.2) is 49.6 Å². The van der Waals surface area contributed by atoms with Crippen LogP contribution in [0.5, 0.6) is 0 Å². The Morgan fingerprint density at radius 1 is 1.17 bits per heavy atom. The summed E-state index contributed by atoms with van der Waals surface area (Å²) < 4.78 is 5.03. The highest BCUT2D eigenvalue weighted by atomic mass is 16.5. The van der Waals surface area contributed by atoms with E-state index in [4.69, 9.17) is 21.9 Å². The van der Waals surface area contributed by atoms with Gasteiger partial charge in [-0.15, -0.1) is 0 Å². The number of carbonyl (C=O) groups excluding carboxylic acids is 2. The molecule has 0 aliphatic heterocycles. The molecule has 8 nitrogen and oxygen atoms in total. The second kappa shape index (κ2) is 11.7. The van der Waals surface area contributed by atoms with E-state index in [9.17, 15) is 9.59 Å². The summed E-state index contributed by atoms with van der Waals surface area (Å²) in [6.45, 7) is 1.12. The van der Waals surface area contributed by atoms with Crippen molar-refractivity contribution in [1.82, 2.24) is 10.3 Å². The number of aromatic amines is 1. The van der Waals surface area contributed by atoms with Crippen molar-refractivity contribution in [1.29, 1.82) is 0 Å². The molecule has 1 amide bonds. The standard InChI is InChI=1S/C22H35N5O3/c1-30-21(29)22(8-4-10-23,9-5-11-24)15-26-20(28)14-17(25)13-18-12-16-6-2-3-7-19(16)27-18/h2-3,6-7,12,17,27H,4-5,8-11,13-15,23-25H2,1H3,(H,26,28)/t17-/m0/s1. The fourth-order valence-corrected chi connectivity index (χ4v) is 3.85. The number of para-hydroxylation sites is 1. The van der Waals surface area contributed by atoms with Gasteiger partial charge >= 0.3 is 5.97 Å². The average Bonchev–Trinajstić information content (AvgIpc) is 3.14. The molecular formula is C22H35N5O3. The normalized spacial score (nSPS) is 12.7. The molecule has 0 fully saturated rings. The molecule has 1 aromatic heterocycles. The second-order valence-electron chi connectivity index (χ2n) is 7.88. The van der Waals surface area contributed by atoms with Gasteiger partial charge < -0.3 is 32.2 Å². The van der Waals surface area contributed by atoms with Crippen molar-refractivity contribution in [3.05, 3.63) is 36.0 Å². The van der Waals surface area contributed by atoms with Gasteiger partial charge in [-0.05, 0) is 56.3 Å². The molecule has 0 saturated heterocycles. The number of hydrogen-bond donors (Lipinski definition) is 5. The first-order valence-corrected chi connectivity index (χ1v) is 10.5. The number of ether oxygens (including phenoxy) is 1. The lowest BCUT2D eigenvalue weighted by atomic mass is 9.78. The summed E-state index contributed by atoms with van der Waals surface area (Å²) in [5, 5.41) is 4.01. The Labute approximate surface area is 177 Å². The average molecular weight is 418 g/mol. The van der Waals surface area contributed by atoms with Crippen LogP contribution in [0, 0.1) is 5.41 Å². The van der Waals surface area contributed by atoms with Gasteiger partial charge in [-0.3, -0.25) is 9.59 Å². The molecule has 0 unspecified atom stereocenters. The van der Waals surface area contributed by atoms with E-state index >= 15 is 0 Å². The third-order valence-corrected chi connectivity index (χ3v) is 5.48. The largest absolute Gasteiger partial charge is 0.469 e. The van der Waals surface area contributed by atoms with Gasteiger partial charge in [-0.25, -0.2) is 0 Å². The van der Waals surface area contributed by atoms with Crippen molar-refractivity contribution >= 4 is 22.8 Å². The summed E-state index contributed by atoms with van der Waals surface area (Å²) in [6, 6.07) is 9.71. The van der Waals surface area contributed by atoms with Crippen molar-refractivity contribution < 1.29 is 14.3 Å². The zero-order chi connectivity index (χ0) is 22.0. The van der Waals surface area contributed by atoms with E-state index in [1.54, 1.807) is 0 Å². The Kier molecular flexibility index (Phi) is 9.29. The number of aromatic nitrogens is 1. The molecule has 0 radical (unpaired) electrons. The number of H-pyrrole nitrogens is 1. The van der Waals surface area contributed by atoms with Crippen LogP contribution < -0.4 is 22.5 Å². The van der Waals surface area contributed by atoms with Gasteiger partial charge in [-0.1, -0.05) is 18.2 Å². The molecule has 0 saturated carbocycles. The molecule has 0 bridgehead atoms. The summed E-state index contributed by atoms with van der Waals surface area (Å²) in [6.07, 6.45) is 3.13. The number of methoxy groups -OCH3 is 1. The third-order valence-electron chi connectivity index (χ3n) is 5.48. The molecule has 2 aromatic rings. The van der Waals surface area contributed by atoms with Crippen LogP contribution >= 0.6 is 0 Å². The Balaban J connectivity index is 1.94. The van der Waals surface area contributed by atoms with E-state index in [2.05, 4.69) is 16.4 Å². The lowest BCUT2D eigenvalue weighted by Crippen LogP contribution is -2.45. The zero-order valence-corrected chi connectivity index (χ0v) is 17.8. The number of esters is 1. The van der Waals surface area contributed by atoms with Crippen LogP contribution in [0.4, 0.5) is 0 Å². The van der Waals surface area contributed by atoms with Gasteiger partial charge in [0.15, 0.2) is 0 Å². The molecule has 8 heteroatoms. The van der Waals surface area contributed by atoms with E-state index in [0.717, 1.165) is 16.6 Å². The van der Waals surface area contributed by atoms with Gasteiger partial charge in [0.05, 0.1) is 12.5 Å². The fourth-order valence-electron chi connectivity index (χ4n) is 3.85. The van der Waals surface area contributed by atoms with Crippen LogP contribution in [0.3, 0.4) is 0 Å². The van der Waals surface area contributed by atoms with Crippen molar-refractivity contribution in [3.8, 4) is 0 Å². The first-order valence-electron chi connectivity index (χ1n) is 10.5. The minimum absolute atomic E-state index is 0.167. The maximum Gasteiger partial charge on any atom is 0.313 e. The van der Waals surface area contributed by atoms with Crippen LogP contribution in [0.15, 0.2) is 30.3 Å². The topological polar surface area (TPSA) is 149 Å². The monoisotopic (exact) mass is 417 g/mol. The molecule has 166 valence electrons. The first-order chi connectivity index (χ1) is 14.4. The number of amides is 1. The number of rotatable bonds is 13. The molecular weight excluding hydrogens is 382 g/mol. The molecule has 0 aliphatic carbocycles. The molecule has 1 aromatic carbocycles. The molecule has 1 heterocycles. The number of hydrogen-bond acceptors (Lipinski definition) is 6. The fraction of sp³-hybridized carbons (Fsp3) is 0.545. The lowest BCUT2D eigenvalue weighted by molar-refractivity contribution is -0.154. The number of carbonyl (C=O) groups is 2. The van der Waals surface area contributed by atoms with Gasteiger partial charge in [0.2, 0.25) is 5.91 Å². The molecule has 8 N–H and O–H groups in total. The number of benzene rings is 1. The number of nitrogens with one attached hydrogen (secondary N) is 2. The van der Waals surface area contributed by atoms with E-state index < -0.39 is 5.41 Å². The van der Waals surface area contributed by atoms with Crippen molar-refractivity contribution in [3.63, 3.8) is 0 Å². The van der Waals surface area contributed by atoms with Gasteiger partial charge in [0.25, 0.3) is 0 Å². The summed E-state index contributed by atoms with van der Waals surface area (Å²) in [4.78, 5) is 28.4. The number of fused-ring (bicyclic) bond motifs is 1. The van der Waals surface area contributed by atoms with Crippen LogP contribution in [0.25, 0.3) is 10.9 Å². The minimum Gasteiger partial charge on any atom is -0.469 e. The Morgan fingerprint density at radius 3 is 2.43 bits per heavy atom. The highest BCUT2D eigenvalue weighted by Crippen LogP contribution is 2.30. The summed E-state index contributed by atoms with van der Waals surface area (Å²) in [5.41, 5.74) is 18.7. The van der Waals surface area contributed by atoms with E-state index in [0.29, 0.717) is 45.2 Å². The Morgan fingerprint density at radius 2 is 1.83 bits per heavy atom. The van der Waals surface area contributed by atoms with Crippen LogP contribution in [0.2, 0.25) is 0 Å². The summed E-state index contributed by atoms with van der Waals surface area (Å²) in [5.74, 6) is -0.528. The summed E-state index contributed by atoms with van der Waals surface area (Å²) in [7, 11) is 1.36. The second-order valence-corrected chi connectivity index (χ2v) is 7.88. The first kappa shape index (κ1) is 23.9. The SMILES string of the molecule is COC(=O)C(CCCN)(CCCN)CNC(=O)C[C@@H](N)Cc1cc2ccccc2[nH]1. The quantitative estimate of drug-likeness (QED) is 0.309. The molecule has 0 spiro atoms. The van der Waals surface area contributed by atoms with Gasteiger partial charge in [-0.2, -0.15) is 0 Å². The lowest BCUT2D eigenvalue weighted by Gasteiger charge is -2.31. The van der Waals surface area contributed by atoms with Gasteiger partial charge in [0, 0.05) is 36.6 Å². The van der Waals surface area contributed by atoms with E-state index in [-0.39, 0.29) is 30.9 Å². The highest BCUT2D eigenvalue weighted by molar-refractivity contribution is 5.81. The molecule has 1 atom stereocenters. The maximum absolute atomic E-state index is 12.5. The van der Waals surface area contributed by atoms with E-state index in [1.165, 1.54) is 7.11 Å². The van der Waals surface area contributed by atoms with Crippen molar-refractivity contribution in [2.75, 3.05) is 26.7 Å². The predicted octanol–water partition coefficient (Wildman–Crippen LogP) is 1.18. The van der Waals surface area contributed by atoms with E-state index in [1.807, 2.05) is 24.3 Å². The summed E-state index contributed by atoms with van der Waals surface area (Å²) >= 11 is 0. The van der Waals surface area contributed by atoms with Crippen molar-refractivity contribution in [2.24, 2.45) is 22.6 Å². The Hall–Kier alpha value is -2.42. The van der Waals surface area contributed by atoms with Crippen molar-refractivity contribution in [2.45, 2.75) is 44.6 Å². The molecule has 2 rings (SSSR count). The smallest absolute Gasteiger partial charge is 0.313 e. The van der Waals surface area contributed by atoms with Gasteiger partial charge in [0.1, 0.15) is 0 Å².